The van der Waals surface area contributed by atoms with Gasteiger partial charge < -0.3 is 37.0 Å². The molecule has 0 atom stereocenters. The van der Waals surface area contributed by atoms with E-state index in [1.807, 2.05) is 0 Å². The van der Waals surface area contributed by atoms with Crippen LogP contribution in [0.15, 0.2) is 0 Å². The van der Waals surface area contributed by atoms with Gasteiger partial charge in [-0.1, -0.05) is 0 Å². The quantitative estimate of drug-likeness (QED) is 0.160. The van der Waals surface area contributed by atoms with Crippen molar-refractivity contribution in [2.24, 2.45) is 0 Å². The number of rotatable bonds is 23. The maximum absolute atomic E-state index is 12.2. The number of hydrogen-bond acceptors (Lipinski definition) is 10. The summed E-state index contributed by atoms with van der Waals surface area (Å²) in [5, 5.41) is 0. The van der Waals surface area contributed by atoms with E-state index in [9.17, 15) is 9.13 Å². The molecule has 0 radical (unpaired) electrons. The number of ether oxygens (including phenoxy) is 4. The zero-order valence-electron chi connectivity index (χ0n) is 18.9. The van der Waals surface area contributed by atoms with Crippen LogP contribution in [-0.4, -0.2) is 91.6 Å². The van der Waals surface area contributed by atoms with Crippen molar-refractivity contribution in [3.63, 3.8) is 0 Å². The topological polar surface area (TPSA) is 108 Å². The first-order chi connectivity index (χ1) is 14.4. The average molecular weight is 478 g/mol. The zero-order valence-corrected chi connectivity index (χ0v) is 20.7. The Hall–Kier alpha value is 0.140. The van der Waals surface area contributed by atoms with Crippen LogP contribution >= 0.6 is 15.2 Å². The zero-order chi connectivity index (χ0) is 22.6. The summed E-state index contributed by atoms with van der Waals surface area (Å²) in [5.74, 6) is 0. The lowest BCUT2D eigenvalue weighted by Gasteiger charge is -2.16. The summed E-state index contributed by atoms with van der Waals surface area (Å²) >= 11 is 0. The van der Waals surface area contributed by atoms with E-state index in [-0.39, 0.29) is 25.5 Å². The Balaban J connectivity index is 3.50. The van der Waals surface area contributed by atoms with Gasteiger partial charge in [0.1, 0.15) is 0 Å². The lowest BCUT2D eigenvalue weighted by Crippen LogP contribution is -2.14. The fourth-order valence-electron chi connectivity index (χ4n) is 2.23. The van der Waals surface area contributed by atoms with Crippen molar-refractivity contribution in [1.29, 1.82) is 0 Å². The maximum Gasteiger partial charge on any atom is 0.332 e. The molecule has 12 heteroatoms. The van der Waals surface area contributed by atoms with Crippen LogP contribution in [0.25, 0.3) is 0 Å². The molecule has 0 aliphatic rings. The van der Waals surface area contributed by atoms with Crippen LogP contribution in [0.4, 0.5) is 0 Å². The monoisotopic (exact) mass is 478 g/mol. The van der Waals surface area contributed by atoms with Crippen LogP contribution in [0.5, 0.6) is 0 Å². The van der Waals surface area contributed by atoms with Gasteiger partial charge in [0.15, 0.2) is 0 Å². The molecule has 0 rings (SSSR count). The molecule has 0 saturated heterocycles. The Morgan fingerprint density at radius 2 is 0.667 bits per heavy atom. The highest BCUT2D eigenvalue weighted by atomic mass is 31.2. The van der Waals surface area contributed by atoms with E-state index in [2.05, 4.69) is 0 Å². The third kappa shape index (κ3) is 16.8. The van der Waals surface area contributed by atoms with Gasteiger partial charge in [-0.05, 0) is 27.7 Å². The summed E-state index contributed by atoms with van der Waals surface area (Å²) in [5.41, 5.74) is 0. The Kier molecular flexibility index (Phi) is 19.9. The van der Waals surface area contributed by atoms with Gasteiger partial charge in [-0.15, -0.1) is 0 Å². The standard InChI is InChI=1S/C18H40O10P2/c1-5-25-29(19,26-6-2)17-15-23-13-11-21-9-10-22-12-14-24-16-18-30(20,27-7-3)28-8-4/h5-18H2,1-4H3. The predicted octanol–water partition coefficient (Wildman–Crippen LogP) is 3.59. The number of hydrogen-bond donors (Lipinski definition) is 0. The van der Waals surface area contributed by atoms with Crippen LogP contribution in [0.2, 0.25) is 0 Å². The van der Waals surface area contributed by atoms with E-state index < -0.39 is 15.2 Å². The molecule has 30 heavy (non-hydrogen) atoms. The molecule has 182 valence electrons. The van der Waals surface area contributed by atoms with Gasteiger partial charge >= 0.3 is 15.2 Å². The molecule has 0 unspecified atom stereocenters. The van der Waals surface area contributed by atoms with Crippen molar-refractivity contribution in [3.05, 3.63) is 0 Å². The van der Waals surface area contributed by atoms with Crippen LogP contribution in [-0.2, 0) is 46.2 Å². The van der Waals surface area contributed by atoms with Crippen LogP contribution in [0.1, 0.15) is 27.7 Å². The lowest BCUT2D eigenvalue weighted by atomic mass is 10.7. The third-order valence-corrected chi connectivity index (χ3v) is 7.51. The normalized spacial score (nSPS) is 12.5. The van der Waals surface area contributed by atoms with Crippen molar-refractivity contribution in [2.45, 2.75) is 27.7 Å². The minimum atomic E-state index is -3.05. The fraction of sp³-hybridized carbons (Fsp3) is 1.00. The first-order valence-electron chi connectivity index (χ1n) is 10.5. The first-order valence-corrected chi connectivity index (χ1v) is 14.0. The second-order valence-corrected chi connectivity index (χ2v) is 10.2. The Morgan fingerprint density at radius 1 is 0.433 bits per heavy atom. The molecule has 0 aliphatic carbocycles. The summed E-state index contributed by atoms with van der Waals surface area (Å²) in [7, 11) is -6.09. The van der Waals surface area contributed by atoms with Crippen molar-refractivity contribution in [2.75, 3.05) is 91.6 Å². The van der Waals surface area contributed by atoms with Gasteiger partial charge in [0, 0.05) is 0 Å². The van der Waals surface area contributed by atoms with Gasteiger partial charge in [0.05, 0.1) is 91.6 Å². The summed E-state index contributed by atoms with van der Waals surface area (Å²) < 4.78 is 66.7. The molecule has 0 saturated carbocycles. The Morgan fingerprint density at radius 3 is 0.900 bits per heavy atom. The lowest BCUT2D eigenvalue weighted by molar-refractivity contribution is 0.000584. The summed E-state index contributed by atoms with van der Waals surface area (Å²) in [4.78, 5) is 0. The average Bonchev–Trinajstić information content (AvgIpc) is 2.69. The fourth-order valence-corrected chi connectivity index (χ4v) is 5.18. The minimum Gasteiger partial charge on any atom is -0.378 e. The van der Waals surface area contributed by atoms with Crippen molar-refractivity contribution >= 4 is 15.2 Å². The van der Waals surface area contributed by atoms with Crippen molar-refractivity contribution in [1.82, 2.24) is 0 Å². The van der Waals surface area contributed by atoms with Gasteiger partial charge in [-0.2, -0.15) is 0 Å². The molecule has 0 heterocycles. The van der Waals surface area contributed by atoms with Gasteiger partial charge in [-0.3, -0.25) is 9.13 Å². The summed E-state index contributed by atoms with van der Waals surface area (Å²) in [6.45, 7) is 11.5. The molecular weight excluding hydrogens is 438 g/mol. The van der Waals surface area contributed by atoms with E-state index in [4.69, 9.17) is 37.0 Å². The van der Waals surface area contributed by atoms with Gasteiger partial charge in [-0.25, -0.2) is 0 Å². The van der Waals surface area contributed by atoms with Crippen LogP contribution in [0.3, 0.4) is 0 Å². The van der Waals surface area contributed by atoms with Gasteiger partial charge in [0.2, 0.25) is 0 Å². The third-order valence-electron chi connectivity index (χ3n) is 3.44. The molecule has 0 aliphatic heterocycles. The minimum absolute atomic E-state index is 0.225. The molecule has 0 aromatic carbocycles. The summed E-state index contributed by atoms with van der Waals surface area (Å²) in [6, 6.07) is 0. The molecule has 0 aromatic heterocycles. The Labute approximate surface area is 181 Å². The van der Waals surface area contributed by atoms with Crippen molar-refractivity contribution < 1.29 is 46.2 Å². The van der Waals surface area contributed by atoms with Crippen LogP contribution in [0, 0.1) is 0 Å². The highest BCUT2D eigenvalue weighted by Crippen LogP contribution is 2.48. The highest BCUT2D eigenvalue weighted by molar-refractivity contribution is 7.54. The van der Waals surface area contributed by atoms with Crippen LogP contribution < -0.4 is 0 Å². The molecule has 0 spiro atoms. The van der Waals surface area contributed by atoms with Crippen molar-refractivity contribution in [3.8, 4) is 0 Å². The molecule has 0 N–H and O–H groups in total. The molecule has 10 nitrogen and oxygen atoms in total. The van der Waals surface area contributed by atoms with Gasteiger partial charge in [0.25, 0.3) is 0 Å². The predicted molar refractivity (Wildman–Crippen MR) is 115 cm³/mol. The maximum atomic E-state index is 12.2. The smallest absolute Gasteiger partial charge is 0.332 e. The van der Waals surface area contributed by atoms with E-state index in [0.29, 0.717) is 66.1 Å². The Bertz CT molecular complexity index is 416. The summed E-state index contributed by atoms with van der Waals surface area (Å²) in [6.07, 6.45) is 0.449. The molecule has 0 aromatic rings. The SMILES string of the molecule is CCOP(=O)(CCOCCOCCOCCOCCP(=O)(OCC)OCC)OCC. The molecule has 0 fully saturated rings. The highest BCUT2D eigenvalue weighted by Gasteiger charge is 2.23. The first kappa shape index (κ1) is 30.1. The largest absolute Gasteiger partial charge is 0.378 e. The second-order valence-electron chi connectivity index (χ2n) is 5.79. The molecule has 0 amide bonds. The van der Waals surface area contributed by atoms with E-state index >= 15 is 0 Å². The van der Waals surface area contributed by atoms with E-state index in [1.165, 1.54) is 0 Å². The van der Waals surface area contributed by atoms with E-state index in [1.54, 1.807) is 27.7 Å². The van der Waals surface area contributed by atoms with E-state index in [0.717, 1.165) is 0 Å². The second kappa shape index (κ2) is 19.8. The molecule has 0 bridgehead atoms. The molecular formula is C18H40O10P2.